The number of rotatable bonds is 4. The van der Waals surface area contributed by atoms with Gasteiger partial charge in [-0.25, -0.2) is 4.79 Å². The van der Waals surface area contributed by atoms with Crippen LogP contribution in [0.4, 0.5) is 4.79 Å². The third-order valence-electron chi connectivity index (χ3n) is 3.61. The first-order valence-electron chi connectivity index (χ1n) is 6.68. The molecule has 0 atom stereocenters. The van der Waals surface area contributed by atoms with Gasteiger partial charge >= 0.3 is 6.03 Å². The van der Waals surface area contributed by atoms with Crippen LogP contribution in [0.25, 0.3) is 11.5 Å². The van der Waals surface area contributed by atoms with Crippen LogP contribution in [0, 0.1) is 0 Å². The smallest absolute Gasteiger partial charge is 0.327 e. The first-order valence-corrected chi connectivity index (χ1v) is 6.68. The van der Waals surface area contributed by atoms with E-state index in [1.54, 1.807) is 11.0 Å². The zero-order valence-corrected chi connectivity index (χ0v) is 11.1. The molecule has 2 aliphatic rings. The lowest BCUT2D eigenvalue weighted by Gasteiger charge is -2.14. The molecule has 8 heteroatoms. The highest BCUT2D eigenvalue weighted by molar-refractivity contribution is 6.02. The highest BCUT2D eigenvalue weighted by Gasteiger charge is 2.44. The van der Waals surface area contributed by atoms with Crippen molar-refractivity contribution in [3.05, 3.63) is 24.4 Å². The zero-order chi connectivity index (χ0) is 14.4. The highest BCUT2D eigenvalue weighted by Crippen LogP contribution is 2.30. The van der Waals surface area contributed by atoms with Crippen molar-refractivity contribution >= 4 is 11.9 Å². The third-order valence-corrected chi connectivity index (χ3v) is 3.61. The molecule has 0 unspecified atom stereocenters. The van der Waals surface area contributed by atoms with Crippen molar-refractivity contribution in [1.29, 1.82) is 0 Å². The Morgan fingerprint density at radius 3 is 2.90 bits per heavy atom. The quantitative estimate of drug-likeness (QED) is 0.786. The molecule has 0 bridgehead atoms. The highest BCUT2D eigenvalue weighted by atomic mass is 16.5. The molecular weight excluding hydrogens is 276 g/mol. The molecule has 2 aromatic rings. The van der Waals surface area contributed by atoms with Gasteiger partial charge in [-0.3, -0.25) is 9.69 Å². The van der Waals surface area contributed by atoms with Crippen LogP contribution in [0.2, 0.25) is 0 Å². The zero-order valence-electron chi connectivity index (χ0n) is 11.1. The fourth-order valence-electron chi connectivity index (χ4n) is 2.35. The average Bonchev–Trinajstić information content (AvgIpc) is 2.90. The summed E-state index contributed by atoms with van der Waals surface area (Å²) in [6.07, 6.45) is 4.93. The monoisotopic (exact) mass is 288 g/mol. The summed E-state index contributed by atoms with van der Waals surface area (Å²) < 4.78 is 10.0. The maximum absolute atomic E-state index is 12.2. The normalized spacial score (nSPS) is 18.9. The SMILES string of the molecule is O=C1CN(C2CC2)C(=O)N1Cc1noc(-c2ccoc2)n1. The molecule has 0 spiro atoms. The van der Waals surface area contributed by atoms with Gasteiger partial charge in [-0.05, 0) is 18.9 Å². The molecule has 1 aliphatic carbocycles. The second-order valence-electron chi connectivity index (χ2n) is 5.15. The molecule has 0 aromatic carbocycles. The average molecular weight is 288 g/mol. The lowest BCUT2D eigenvalue weighted by molar-refractivity contribution is -0.125. The van der Waals surface area contributed by atoms with Crippen molar-refractivity contribution in [1.82, 2.24) is 19.9 Å². The fraction of sp³-hybridized carbons (Fsp3) is 0.385. The summed E-state index contributed by atoms with van der Waals surface area (Å²) in [5.41, 5.74) is 0.660. The minimum Gasteiger partial charge on any atom is -0.472 e. The Kier molecular flexibility index (Phi) is 2.56. The molecule has 0 N–H and O–H groups in total. The Balaban J connectivity index is 1.51. The Labute approximate surface area is 119 Å². The first kappa shape index (κ1) is 12.1. The molecule has 3 amide bonds. The van der Waals surface area contributed by atoms with E-state index in [4.69, 9.17) is 8.94 Å². The van der Waals surface area contributed by atoms with Crippen molar-refractivity contribution < 1.29 is 18.5 Å². The summed E-state index contributed by atoms with van der Waals surface area (Å²) in [6.45, 7) is 0.179. The first-order chi connectivity index (χ1) is 10.2. The van der Waals surface area contributed by atoms with Gasteiger partial charge in [0.1, 0.15) is 12.8 Å². The van der Waals surface area contributed by atoms with Crippen LogP contribution in [-0.4, -0.2) is 44.5 Å². The Hall–Kier alpha value is -2.64. The van der Waals surface area contributed by atoms with E-state index >= 15 is 0 Å². The molecule has 4 rings (SSSR count). The molecule has 3 heterocycles. The van der Waals surface area contributed by atoms with Crippen LogP contribution < -0.4 is 0 Å². The molecule has 1 saturated heterocycles. The summed E-state index contributed by atoms with van der Waals surface area (Å²) in [6, 6.07) is 1.65. The summed E-state index contributed by atoms with van der Waals surface area (Å²) in [4.78, 5) is 31.0. The van der Waals surface area contributed by atoms with Crippen LogP contribution >= 0.6 is 0 Å². The number of hydrogen-bond donors (Lipinski definition) is 0. The fourth-order valence-corrected chi connectivity index (χ4v) is 2.35. The molecule has 21 heavy (non-hydrogen) atoms. The third kappa shape index (κ3) is 2.08. The number of urea groups is 1. The second-order valence-corrected chi connectivity index (χ2v) is 5.15. The summed E-state index contributed by atoms with van der Waals surface area (Å²) in [5.74, 6) is 0.379. The molecule has 1 saturated carbocycles. The number of furan rings is 1. The topological polar surface area (TPSA) is 92.7 Å². The van der Waals surface area contributed by atoms with E-state index in [-0.39, 0.29) is 31.1 Å². The number of aromatic nitrogens is 2. The molecular formula is C13H12N4O4. The number of imide groups is 1. The van der Waals surface area contributed by atoms with Gasteiger partial charge in [-0.1, -0.05) is 5.16 Å². The van der Waals surface area contributed by atoms with Crippen molar-refractivity contribution in [3.8, 4) is 11.5 Å². The molecule has 2 fully saturated rings. The molecule has 0 radical (unpaired) electrons. The largest absolute Gasteiger partial charge is 0.472 e. The van der Waals surface area contributed by atoms with E-state index < -0.39 is 0 Å². The van der Waals surface area contributed by atoms with Crippen LogP contribution in [-0.2, 0) is 11.3 Å². The van der Waals surface area contributed by atoms with Crippen molar-refractivity contribution in [3.63, 3.8) is 0 Å². The van der Waals surface area contributed by atoms with Crippen molar-refractivity contribution in [2.24, 2.45) is 0 Å². The number of carbonyl (C=O) groups is 2. The molecule has 108 valence electrons. The minimum atomic E-state index is -0.267. The summed E-state index contributed by atoms with van der Waals surface area (Å²) in [7, 11) is 0. The number of amides is 3. The number of hydrogen-bond acceptors (Lipinski definition) is 6. The van der Waals surface area contributed by atoms with Crippen LogP contribution in [0.15, 0.2) is 27.5 Å². The summed E-state index contributed by atoms with van der Waals surface area (Å²) >= 11 is 0. The van der Waals surface area contributed by atoms with Gasteiger partial charge in [0.15, 0.2) is 5.82 Å². The predicted molar refractivity (Wildman–Crippen MR) is 67.7 cm³/mol. The van der Waals surface area contributed by atoms with Gasteiger partial charge in [-0.15, -0.1) is 0 Å². The van der Waals surface area contributed by atoms with Gasteiger partial charge in [0.25, 0.3) is 11.8 Å². The Bertz CT molecular complexity index is 689. The van der Waals surface area contributed by atoms with Crippen molar-refractivity contribution in [2.45, 2.75) is 25.4 Å². The number of carbonyl (C=O) groups excluding carboxylic acids is 2. The predicted octanol–water partition coefficient (Wildman–Crippen LogP) is 1.26. The lowest BCUT2D eigenvalue weighted by atomic mass is 10.3. The molecule has 8 nitrogen and oxygen atoms in total. The van der Waals surface area contributed by atoms with E-state index in [9.17, 15) is 9.59 Å². The van der Waals surface area contributed by atoms with Crippen LogP contribution in [0.3, 0.4) is 0 Å². The van der Waals surface area contributed by atoms with Crippen molar-refractivity contribution in [2.75, 3.05) is 6.54 Å². The minimum absolute atomic E-state index is 0.0300. The second kappa shape index (κ2) is 4.44. The van der Waals surface area contributed by atoms with Crippen LogP contribution in [0.5, 0.6) is 0 Å². The van der Waals surface area contributed by atoms with E-state index in [0.29, 0.717) is 17.3 Å². The standard InChI is InChI=1S/C13H12N4O4/c18-11-6-16(9-1-2-9)13(19)17(11)5-10-14-12(21-15-10)8-3-4-20-7-8/h3-4,7,9H,1-2,5-6H2. The number of nitrogens with zero attached hydrogens (tertiary/aromatic N) is 4. The molecule has 1 aliphatic heterocycles. The maximum Gasteiger partial charge on any atom is 0.327 e. The van der Waals surface area contributed by atoms with Crippen LogP contribution in [0.1, 0.15) is 18.7 Å². The summed E-state index contributed by atoms with van der Waals surface area (Å²) in [5, 5.41) is 3.80. The van der Waals surface area contributed by atoms with Gasteiger partial charge in [0, 0.05) is 6.04 Å². The Morgan fingerprint density at radius 1 is 1.33 bits per heavy atom. The van der Waals surface area contributed by atoms with E-state index in [1.807, 2.05) is 0 Å². The van der Waals surface area contributed by atoms with Gasteiger partial charge in [0.05, 0.1) is 18.4 Å². The van der Waals surface area contributed by atoms with Gasteiger partial charge in [0.2, 0.25) is 0 Å². The van der Waals surface area contributed by atoms with Gasteiger partial charge < -0.3 is 13.8 Å². The van der Waals surface area contributed by atoms with Gasteiger partial charge in [-0.2, -0.15) is 4.98 Å². The van der Waals surface area contributed by atoms with E-state index in [2.05, 4.69) is 10.1 Å². The maximum atomic E-state index is 12.2. The van der Waals surface area contributed by atoms with E-state index in [1.165, 1.54) is 17.4 Å². The Morgan fingerprint density at radius 2 is 2.19 bits per heavy atom. The molecule has 2 aromatic heterocycles. The van der Waals surface area contributed by atoms with E-state index in [0.717, 1.165) is 12.8 Å². The lowest BCUT2D eigenvalue weighted by Crippen LogP contribution is -2.34.